The Morgan fingerprint density at radius 2 is 0.984 bits per heavy atom. The van der Waals surface area contributed by atoms with Crippen LogP contribution in [0.3, 0.4) is 0 Å². The molecule has 19 nitrogen and oxygen atoms in total. The van der Waals surface area contributed by atoms with Gasteiger partial charge < -0.3 is 49.3 Å². The van der Waals surface area contributed by atoms with E-state index in [1.165, 1.54) is 44.9 Å². The van der Waals surface area contributed by atoms with Crippen LogP contribution in [0.25, 0.3) is 0 Å². The monoisotopic (exact) mass is 918 g/mol. The molecule has 0 aromatic carbocycles. The maximum atomic E-state index is 13.0. The topological polar surface area (TPSA) is 303 Å². The summed E-state index contributed by atoms with van der Waals surface area (Å²) in [6.07, 6.45) is -2.99. The molecule has 0 saturated heterocycles. The van der Waals surface area contributed by atoms with Crippen molar-refractivity contribution in [1.29, 1.82) is 0 Å². The fourth-order valence-electron chi connectivity index (χ4n) is 5.46. The first kappa shape index (κ1) is 55.5. The lowest BCUT2D eigenvalue weighted by Crippen LogP contribution is -2.65. The van der Waals surface area contributed by atoms with E-state index in [1.807, 2.05) is 5.92 Å². The van der Waals surface area contributed by atoms with E-state index in [1.54, 1.807) is 6.92 Å². The Hall–Kier alpha value is -3.49. The summed E-state index contributed by atoms with van der Waals surface area (Å²) < 4.78 is 64.5. The van der Waals surface area contributed by atoms with Crippen LogP contribution in [-0.2, 0) is 50.9 Å². The molecule has 1 fully saturated rings. The highest BCUT2D eigenvalue weighted by atomic mass is 31.2. The van der Waals surface area contributed by atoms with Gasteiger partial charge in [0.15, 0.2) is 6.10 Å². The van der Waals surface area contributed by atoms with Gasteiger partial charge in [0, 0.05) is 12.3 Å². The molecule has 8 atom stereocenters. The number of carbonyl (C=O) groups excluding carboxylic acids is 2. The van der Waals surface area contributed by atoms with E-state index in [-0.39, 0.29) is 6.42 Å². The van der Waals surface area contributed by atoms with Crippen LogP contribution in [0.15, 0.2) is 0 Å². The van der Waals surface area contributed by atoms with Crippen LogP contribution in [-0.4, -0.2) is 108 Å². The molecule has 61 heavy (non-hydrogen) atoms. The summed E-state index contributed by atoms with van der Waals surface area (Å²) in [6, 6.07) is 0. The Kier molecular flexibility index (Phi) is 27.8. The van der Waals surface area contributed by atoms with Crippen molar-refractivity contribution < 1.29 is 90.6 Å². The molecule has 1 aliphatic rings. The van der Waals surface area contributed by atoms with Crippen molar-refractivity contribution in [2.45, 2.75) is 146 Å². The lowest BCUT2D eigenvalue weighted by atomic mass is 9.85. The van der Waals surface area contributed by atoms with Gasteiger partial charge >= 0.3 is 35.4 Å². The number of hydrogen-bond donors (Lipinski definition) is 8. The number of aliphatic hydroxyl groups excluding tert-OH is 3. The summed E-state index contributed by atoms with van der Waals surface area (Å²) in [6.45, 7) is 1.99. The van der Waals surface area contributed by atoms with Gasteiger partial charge in [-0.15, -0.1) is 0 Å². The predicted octanol–water partition coefficient (Wildman–Crippen LogP) is 2.52. The zero-order valence-electron chi connectivity index (χ0n) is 33.8. The largest absolute Gasteiger partial charge is 0.472 e. The molecule has 0 aromatic rings. The van der Waals surface area contributed by atoms with Gasteiger partial charge in [-0.05, 0) is 72.5 Å². The van der Waals surface area contributed by atoms with E-state index < -0.39 is 91.3 Å². The number of aliphatic hydroxyl groups is 3. The molecule has 0 bridgehead atoms. The first-order chi connectivity index (χ1) is 28.8. The molecule has 0 aromatic heterocycles. The number of hydrogen-bond acceptors (Lipinski definition) is 14. The number of carbonyl (C=O) groups is 2. The normalized spacial score (nSPS) is 20.9. The third-order valence-corrected chi connectivity index (χ3v) is 10.3. The lowest BCUT2D eigenvalue weighted by molar-refractivity contribution is -0.213. The smallest absolute Gasteiger partial charge is 0.456 e. The molecule has 1 rings (SSSR count). The molecule has 8 N–H and O–H groups in total. The summed E-state index contributed by atoms with van der Waals surface area (Å²) >= 11 is 0. The van der Waals surface area contributed by atoms with Gasteiger partial charge in [0.25, 0.3) is 0 Å². The number of phosphoric acid groups is 3. The predicted molar refractivity (Wildman–Crippen MR) is 216 cm³/mol. The van der Waals surface area contributed by atoms with E-state index in [0.717, 1.165) is 25.7 Å². The van der Waals surface area contributed by atoms with Crippen molar-refractivity contribution in [3.63, 3.8) is 0 Å². The zero-order valence-corrected chi connectivity index (χ0v) is 36.4. The average Bonchev–Trinajstić information content (AvgIpc) is 3.18. The summed E-state index contributed by atoms with van der Waals surface area (Å²) in [5.74, 6) is 26.3. The number of unbranched alkanes of at least 4 members (excludes halogenated alkanes) is 12. The maximum absolute atomic E-state index is 13.0. The Bertz CT molecular complexity index is 1930. The number of esters is 2. The van der Waals surface area contributed by atoms with E-state index in [2.05, 4.69) is 81.1 Å². The van der Waals surface area contributed by atoms with Crippen molar-refractivity contribution >= 4 is 35.4 Å². The van der Waals surface area contributed by atoms with Crippen LogP contribution in [0.1, 0.15) is 104 Å². The second-order valence-electron chi connectivity index (χ2n) is 13.3. The van der Waals surface area contributed by atoms with Gasteiger partial charge in [0.05, 0.1) is 6.61 Å². The molecule has 1 saturated carbocycles. The van der Waals surface area contributed by atoms with Crippen molar-refractivity contribution in [3.05, 3.63) is 0 Å². The highest BCUT2D eigenvalue weighted by molar-refractivity contribution is 7.47. The summed E-state index contributed by atoms with van der Waals surface area (Å²) in [5, 5.41) is 31.7. The third-order valence-electron chi connectivity index (χ3n) is 8.25. The fraction of sp³-hybridized carbons (Fsp3) is 0.641. The van der Waals surface area contributed by atoms with Crippen LogP contribution < -0.4 is 0 Å². The van der Waals surface area contributed by atoms with E-state index in [0.29, 0.717) is 12.8 Å². The van der Waals surface area contributed by atoms with Crippen molar-refractivity contribution in [2.75, 3.05) is 13.2 Å². The first-order valence-electron chi connectivity index (χ1n) is 19.3. The van der Waals surface area contributed by atoms with Crippen LogP contribution >= 0.6 is 23.5 Å². The highest BCUT2D eigenvalue weighted by Crippen LogP contribution is 2.51. The van der Waals surface area contributed by atoms with Crippen molar-refractivity contribution in [2.24, 2.45) is 0 Å². The molecule has 1 aliphatic carbocycles. The minimum absolute atomic E-state index is 0.0765. The van der Waals surface area contributed by atoms with Gasteiger partial charge in [-0.2, -0.15) is 0 Å². The van der Waals surface area contributed by atoms with E-state index in [9.17, 15) is 63.1 Å². The van der Waals surface area contributed by atoms with E-state index in [4.69, 9.17) is 18.5 Å². The summed E-state index contributed by atoms with van der Waals surface area (Å²) in [7, 11) is -16.7. The molecular formula is C39H53O19P3. The number of ether oxygens (including phenoxy) is 2. The van der Waals surface area contributed by atoms with Crippen LogP contribution in [0.4, 0.5) is 0 Å². The van der Waals surface area contributed by atoms with Crippen LogP contribution in [0, 0.1) is 71.0 Å². The summed E-state index contributed by atoms with van der Waals surface area (Å²) in [4.78, 5) is 72.3. The van der Waals surface area contributed by atoms with Crippen LogP contribution in [0.5, 0.6) is 0 Å². The van der Waals surface area contributed by atoms with Crippen molar-refractivity contribution in [1.82, 2.24) is 0 Å². The standard InChI is InChI=1S/C39H53O19P3/c1-3-5-7-9-11-13-15-16-18-20-22-24-26-28-33(41)55-31(29-53-32(40)27-25-23-21-19-17-14-12-10-8-6-4-2)30-54-61(51,52)58-37-34(42)35(43)38(56-59(45,46)47)39(36(37)44)57-60(48,49)50/h31,34-39,42-44H,3,5,7,9,11,13,15-16,18,20,22,24,26,28-30H2,1-2H3,(H,51,52)(H2,45,46,47)(H2,48,49,50)/t31-,34?,35-,36+,37?,38+,39?/m0/s1. The molecule has 0 radical (unpaired) electrons. The maximum Gasteiger partial charge on any atom is 0.472 e. The average molecular weight is 919 g/mol. The highest BCUT2D eigenvalue weighted by Gasteiger charge is 2.56. The molecule has 0 aliphatic heterocycles. The zero-order chi connectivity index (χ0) is 45.7. The second kappa shape index (κ2) is 30.5. The number of rotatable bonds is 26. The third kappa shape index (κ3) is 27.2. The Morgan fingerprint density at radius 3 is 1.46 bits per heavy atom. The molecule has 0 heterocycles. The molecule has 0 amide bonds. The molecule has 4 unspecified atom stereocenters. The summed E-state index contributed by atoms with van der Waals surface area (Å²) in [5.41, 5.74) is 0. The van der Waals surface area contributed by atoms with E-state index >= 15 is 0 Å². The van der Waals surface area contributed by atoms with Crippen LogP contribution in [0.2, 0.25) is 0 Å². The first-order valence-corrected chi connectivity index (χ1v) is 23.8. The molecular weight excluding hydrogens is 865 g/mol. The van der Waals surface area contributed by atoms with Gasteiger partial charge in [-0.25, -0.2) is 18.5 Å². The number of phosphoric ester groups is 3. The van der Waals surface area contributed by atoms with Gasteiger partial charge in [-0.1, -0.05) is 89.9 Å². The quantitative estimate of drug-likeness (QED) is 0.0203. The van der Waals surface area contributed by atoms with Gasteiger partial charge in [0.2, 0.25) is 0 Å². The van der Waals surface area contributed by atoms with Gasteiger partial charge in [0.1, 0.15) is 43.2 Å². The fourth-order valence-corrected chi connectivity index (χ4v) is 7.56. The minimum Gasteiger partial charge on any atom is -0.456 e. The second-order valence-corrected chi connectivity index (χ2v) is 17.0. The van der Waals surface area contributed by atoms with Crippen molar-refractivity contribution in [3.8, 4) is 71.0 Å². The molecule has 0 spiro atoms. The SMILES string of the molecule is CC#CC#CC#CC#CC#CC#CC(=O)OC[C@@H](COP(=O)(O)OC1C(O)[C@H](O)[C@@H](OP(=O)(O)O)C(OP(=O)(O)O)[C@@H]1O)OC(=O)CCCCCCCCCCCCCCC. The van der Waals surface area contributed by atoms with Gasteiger partial charge in [-0.3, -0.25) is 22.9 Å². The molecule has 22 heteroatoms. The Morgan fingerprint density at radius 1 is 0.557 bits per heavy atom. The lowest BCUT2D eigenvalue weighted by Gasteiger charge is -2.44. The Labute approximate surface area is 356 Å². The minimum atomic E-state index is -5.63. The molecule has 338 valence electrons. The Balaban J connectivity index is 2.95.